The lowest BCUT2D eigenvalue weighted by molar-refractivity contribution is 0.0935. The van der Waals surface area contributed by atoms with Crippen LogP contribution in [0.15, 0.2) is 48.7 Å². The fourth-order valence-corrected chi connectivity index (χ4v) is 4.37. The number of aliphatic hydroxyl groups excluding tert-OH is 1. The largest absolute Gasteiger partial charge is 0.393 e. The summed E-state index contributed by atoms with van der Waals surface area (Å²) in [5.41, 5.74) is 8.41. The van der Waals surface area contributed by atoms with Crippen LogP contribution in [-0.4, -0.2) is 27.1 Å². The minimum atomic E-state index is -0.671. The van der Waals surface area contributed by atoms with Crippen molar-refractivity contribution >= 4 is 23.3 Å². The van der Waals surface area contributed by atoms with E-state index in [9.17, 15) is 14.3 Å². The summed E-state index contributed by atoms with van der Waals surface area (Å²) in [5.74, 6) is -0.820. The van der Waals surface area contributed by atoms with Crippen LogP contribution in [0.25, 0.3) is 11.3 Å². The number of halogens is 2. The maximum Gasteiger partial charge on any atom is 0.254 e. The number of nitrogen functional groups attached to an aromatic ring is 1. The second-order valence-electron chi connectivity index (χ2n) is 8.48. The molecule has 1 aromatic heterocycles. The van der Waals surface area contributed by atoms with Crippen molar-refractivity contribution < 1.29 is 14.3 Å². The summed E-state index contributed by atoms with van der Waals surface area (Å²) in [6, 6.07) is 11.1. The topological polar surface area (TPSA) is 101 Å². The minimum Gasteiger partial charge on any atom is -0.393 e. The third-order valence-electron chi connectivity index (χ3n) is 6.12. The van der Waals surface area contributed by atoms with E-state index in [0.29, 0.717) is 16.3 Å². The summed E-state index contributed by atoms with van der Waals surface area (Å²) < 4.78 is 14.9. The molecule has 0 unspecified atom stereocenters. The summed E-state index contributed by atoms with van der Waals surface area (Å²) in [6.45, 7) is 1.81. The maximum atomic E-state index is 14.9. The Morgan fingerprint density at radius 1 is 1.21 bits per heavy atom. The first-order valence-corrected chi connectivity index (χ1v) is 11.4. The molecule has 1 heterocycles. The van der Waals surface area contributed by atoms with Gasteiger partial charge in [0.1, 0.15) is 17.3 Å². The molecule has 8 heteroatoms. The molecule has 1 fully saturated rings. The lowest BCUT2D eigenvalue weighted by atomic mass is 9.85. The molecule has 1 saturated carbocycles. The quantitative estimate of drug-likeness (QED) is 0.487. The number of aromatic nitrogens is 2. The van der Waals surface area contributed by atoms with Crippen molar-refractivity contribution in [2.75, 3.05) is 5.73 Å². The van der Waals surface area contributed by atoms with Crippen LogP contribution in [-0.2, 0) is 0 Å². The highest BCUT2D eigenvalue weighted by atomic mass is 35.5. The zero-order valence-corrected chi connectivity index (χ0v) is 19.0. The van der Waals surface area contributed by atoms with Gasteiger partial charge in [0.25, 0.3) is 5.91 Å². The van der Waals surface area contributed by atoms with Crippen LogP contribution in [0.1, 0.15) is 66.2 Å². The number of amides is 1. The molecular formula is C25H26ClFN4O2. The van der Waals surface area contributed by atoms with E-state index in [-0.39, 0.29) is 29.4 Å². The third kappa shape index (κ3) is 5.31. The van der Waals surface area contributed by atoms with E-state index in [2.05, 4.69) is 15.3 Å². The molecule has 0 bridgehead atoms. The van der Waals surface area contributed by atoms with Crippen molar-refractivity contribution in [3.05, 3.63) is 76.3 Å². The lowest BCUT2D eigenvalue weighted by Gasteiger charge is -2.25. The highest BCUT2D eigenvalue weighted by Gasteiger charge is 2.23. The highest BCUT2D eigenvalue weighted by Crippen LogP contribution is 2.34. The Bertz CT molecular complexity index is 1160. The minimum absolute atomic E-state index is 0.0726. The summed E-state index contributed by atoms with van der Waals surface area (Å²) in [7, 11) is 0. The number of carbonyl (C=O) groups is 1. The number of nitrogens with zero attached hydrogens (tertiary/aromatic N) is 2. The van der Waals surface area contributed by atoms with Crippen LogP contribution < -0.4 is 11.1 Å². The van der Waals surface area contributed by atoms with Crippen LogP contribution >= 0.6 is 11.6 Å². The highest BCUT2D eigenvalue weighted by molar-refractivity contribution is 6.30. The number of nitrogens with two attached hydrogens (primary N) is 1. The molecule has 4 rings (SSSR count). The van der Waals surface area contributed by atoms with E-state index in [0.717, 1.165) is 36.9 Å². The zero-order valence-electron chi connectivity index (χ0n) is 18.3. The standard InChI is InChI=1S/C25H26ClFN4O2/c1-14(16-3-2-4-18(26)11-16)30-25(33)20-10-7-17(12-21(20)27)23-24(28)29-13-22(31-23)15-5-8-19(32)9-6-15/h2-4,7,10-15,19,32H,5-6,8-9H2,1H3,(H2,28,29)(H,30,33)/t14-,15?,19?/m1/s1. The smallest absolute Gasteiger partial charge is 0.254 e. The third-order valence-corrected chi connectivity index (χ3v) is 6.35. The fourth-order valence-electron chi connectivity index (χ4n) is 4.17. The molecule has 0 radical (unpaired) electrons. The molecule has 1 amide bonds. The Labute approximate surface area is 197 Å². The molecule has 0 saturated heterocycles. The van der Waals surface area contributed by atoms with Gasteiger partial charge in [-0.1, -0.05) is 29.8 Å². The summed E-state index contributed by atoms with van der Waals surface area (Å²) >= 11 is 6.02. The fraction of sp³-hybridized carbons (Fsp3) is 0.320. The Balaban J connectivity index is 1.53. The Morgan fingerprint density at radius 2 is 1.97 bits per heavy atom. The number of benzene rings is 2. The predicted octanol–water partition coefficient (Wildman–Crippen LogP) is 5.03. The molecule has 4 N–H and O–H groups in total. The van der Waals surface area contributed by atoms with Crippen molar-refractivity contribution in [2.24, 2.45) is 0 Å². The summed E-state index contributed by atoms with van der Waals surface area (Å²) in [5, 5.41) is 13.1. The van der Waals surface area contributed by atoms with E-state index in [1.54, 1.807) is 30.5 Å². The van der Waals surface area contributed by atoms with Crippen molar-refractivity contribution in [1.82, 2.24) is 15.3 Å². The first-order valence-electron chi connectivity index (χ1n) is 11.0. The molecule has 1 aliphatic rings. The van der Waals surface area contributed by atoms with Gasteiger partial charge in [0, 0.05) is 16.5 Å². The van der Waals surface area contributed by atoms with Gasteiger partial charge in [-0.05, 0) is 62.4 Å². The average molecular weight is 469 g/mol. The molecule has 0 aliphatic heterocycles. The van der Waals surface area contributed by atoms with Gasteiger partial charge in [-0.15, -0.1) is 0 Å². The number of hydrogen-bond acceptors (Lipinski definition) is 5. The van der Waals surface area contributed by atoms with E-state index in [1.165, 1.54) is 12.1 Å². The Morgan fingerprint density at radius 3 is 2.67 bits per heavy atom. The summed E-state index contributed by atoms with van der Waals surface area (Å²) in [4.78, 5) is 21.6. The van der Waals surface area contributed by atoms with Crippen molar-refractivity contribution in [3.63, 3.8) is 0 Å². The first kappa shape index (κ1) is 23.1. The number of hydrogen-bond donors (Lipinski definition) is 3. The zero-order chi connectivity index (χ0) is 23.5. The molecule has 6 nitrogen and oxygen atoms in total. The van der Waals surface area contributed by atoms with Crippen LogP contribution in [0.5, 0.6) is 0 Å². The van der Waals surface area contributed by atoms with E-state index < -0.39 is 11.7 Å². The van der Waals surface area contributed by atoms with Gasteiger partial charge in [0.15, 0.2) is 0 Å². The Kier molecular flexibility index (Phi) is 6.91. The average Bonchev–Trinajstić information content (AvgIpc) is 2.80. The molecule has 1 atom stereocenters. The number of anilines is 1. The van der Waals surface area contributed by atoms with Crippen LogP contribution in [0.3, 0.4) is 0 Å². The second kappa shape index (κ2) is 9.85. The molecule has 3 aromatic rings. The normalized spacial score (nSPS) is 19.2. The van der Waals surface area contributed by atoms with Gasteiger partial charge >= 0.3 is 0 Å². The first-order chi connectivity index (χ1) is 15.8. The van der Waals surface area contributed by atoms with Crippen LogP contribution in [0.4, 0.5) is 10.2 Å². The van der Waals surface area contributed by atoms with Crippen LogP contribution in [0.2, 0.25) is 5.02 Å². The molecule has 1 aliphatic carbocycles. The van der Waals surface area contributed by atoms with Gasteiger partial charge in [-0.3, -0.25) is 4.79 Å². The van der Waals surface area contributed by atoms with Gasteiger partial charge in [-0.25, -0.2) is 14.4 Å². The summed E-state index contributed by atoms with van der Waals surface area (Å²) in [6.07, 6.45) is 4.46. The lowest BCUT2D eigenvalue weighted by Crippen LogP contribution is -2.27. The van der Waals surface area contributed by atoms with E-state index >= 15 is 0 Å². The molecule has 172 valence electrons. The van der Waals surface area contributed by atoms with Crippen molar-refractivity contribution in [2.45, 2.75) is 50.7 Å². The number of carbonyl (C=O) groups excluding carboxylic acids is 1. The van der Waals surface area contributed by atoms with Gasteiger partial charge in [-0.2, -0.15) is 0 Å². The van der Waals surface area contributed by atoms with Gasteiger partial charge in [0.2, 0.25) is 0 Å². The van der Waals surface area contributed by atoms with E-state index in [1.807, 2.05) is 13.0 Å². The molecule has 2 aromatic carbocycles. The van der Waals surface area contributed by atoms with E-state index in [4.69, 9.17) is 17.3 Å². The SMILES string of the molecule is C[C@@H](NC(=O)c1ccc(-c2nc(C3CCC(O)CC3)cnc2N)cc1F)c1cccc(Cl)c1. The Hall–Kier alpha value is -3.03. The molecule has 0 spiro atoms. The maximum absolute atomic E-state index is 14.9. The van der Waals surface area contributed by atoms with Crippen LogP contribution in [0, 0.1) is 5.82 Å². The van der Waals surface area contributed by atoms with Gasteiger partial charge in [0.05, 0.1) is 29.6 Å². The molecular weight excluding hydrogens is 443 g/mol. The van der Waals surface area contributed by atoms with Gasteiger partial charge < -0.3 is 16.2 Å². The second-order valence-corrected chi connectivity index (χ2v) is 8.92. The monoisotopic (exact) mass is 468 g/mol. The number of nitrogens with one attached hydrogen (secondary N) is 1. The predicted molar refractivity (Wildman–Crippen MR) is 126 cm³/mol. The van der Waals surface area contributed by atoms with Crippen molar-refractivity contribution in [1.29, 1.82) is 0 Å². The number of rotatable bonds is 5. The number of aliphatic hydroxyl groups is 1. The van der Waals surface area contributed by atoms with Crippen molar-refractivity contribution in [3.8, 4) is 11.3 Å². The molecule has 33 heavy (non-hydrogen) atoms.